The first-order valence-electron chi connectivity index (χ1n) is 6.72. The van der Waals surface area contributed by atoms with Gasteiger partial charge in [-0.15, -0.1) is 0 Å². The summed E-state index contributed by atoms with van der Waals surface area (Å²) >= 11 is 0. The standard InChI is InChI=1S/C17H19N/c1-13-6-2-3-8-15(13)12-16-11-10-14-7-4-5-9-17(14)18-16/h2-9,16,18H,10-12H2,1H3/t16-/m1/s1. The van der Waals surface area contributed by atoms with E-state index < -0.39 is 0 Å². The number of benzene rings is 2. The van der Waals surface area contributed by atoms with E-state index in [1.807, 2.05) is 0 Å². The van der Waals surface area contributed by atoms with Gasteiger partial charge in [0.2, 0.25) is 0 Å². The predicted octanol–water partition coefficient (Wildman–Crippen LogP) is 3.96. The van der Waals surface area contributed by atoms with Crippen LogP contribution in [-0.2, 0) is 12.8 Å². The minimum atomic E-state index is 0.570. The zero-order valence-electron chi connectivity index (χ0n) is 10.8. The molecular weight excluding hydrogens is 218 g/mol. The lowest BCUT2D eigenvalue weighted by Gasteiger charge is -2.27. The van der Waals surface area contributed by atoms with Crippen molar-refractivity contribution in [3.05, 3.63) is 65.2 Å². The molecule has 1 heteroatoms. The van der Waals surface area contributed by atoms with Crippen LogP contribution in [0.1, 0.15) is 23.1 Å². The van der Waals surface area contributed by atoms with E-state index >= 15 is 0 Å². The van der Waals surface area contributed by atoms with Gasteiger partial charge in [0.1, 0.15) is 0 Å². The molecule has 1 aliphatic heterocycles. The van der Waals surface area contributed by atoms with E-state index in [9.17, 15) is 0 Å². The third kappa shape index (κ3) is 2.26. The summed E-state index contributed by atoms with van der Waals surface area (Å²) in [5.41, 5.74) is 5.65. The number of nitrogens with one attached hydrogen (secondary N) is 1. The largest absolute Gasteiger partial charge is 0.382 e. The maximum atomic E-state index is 3.67. The maximum absolute atomic E-state index is 3.67. The summed E-state index contributed by atoms with van der Waals surface area (Å²) in [6, 6.07) is 17.9. The van der Waals surface area contributed by atoms with Crippen molar-refractivity contribution in [3.8, 4) is 0 Å². The lowest BCUT2D eigenvalue weighted by molar-refractivity contribution is 0.627. The highest BCUT2D eigenvalue weighted by Gasteiger charge is 2.17. The molecule has 0 spiro atoms. The number of rotatable bonds is 2. The average Bonchev–Trinajstić information content (AvgIpc) is 2.41. The van der Waals surface area contributed by atoms with Crippen LogP contribution in [0.5, 0.6) is 0 Å². The quantitative estimate of drug-likeness (QED) is 0.833. The van der Waals surface area contributed by atoms with E-state index in [-0.39, 0.29) is 0 Å². The van der Waals surface area contributed by atoms with E-state index in [1.165, 1.54) is 35.2 Å². The van der Waals surface area contributed by atoms with Gasteiger partial charge in [-0.3, -0.25) is 0 Å². The highest BCUT2D eigenvalue weighted by Crippen LogP contribution is 2.26. The molecule has 3 rings (SSSR count). The summed E-state index contributed by atoms with van der Waals surface area (Å²) in [5.74, 6) is 0. The second kappa shape index (κ2) is 4.85. The zero-order chi connectivity index (χ0) is 12.4. The molecule has 0 fully saturated rings. The molecule has 0 amide bonds. The van der Waals surface area contributed by atoms with Gasteiger partial charge in [-0.1, -0.05) is 42.5 Å². The number of hydrogen-bond donors (Lipinski definition) is 1. The van der Waals surface area contributed by atoms with E-state index in [2.05, 4.69) is 60.8 Å². The van der Waals surface area contributed by atoms with Crippen LogP contribution in [0.4, 0.5) is 5.69 Å². The van der Waals surface area contributed by atoms with Gasteiger partial charge in [-0.2, -0.15) is 0 Å². The summed E-state index contributed by atoms with van der Waals surface area (Å²) in [6.45, 7) is 2.20. The topological polar surface area (TPSA) is 12.0 Å². The smallest absolute Gasteiger partial charge is 0.0374 e. The van der Waals surface area contributed by atoms with Crippen molar-refractivity contribution in [2.24, 2.45) is 0 Å². The van der Waals surface area contributed by atoms with Crippen molar-refractivity contribution in [1.29, 1.82) is 0 Å². The molecule has 1 atom stereocenters. The fourth-order valence-electron chi connectivity index (χ4n) is 2.76. The molecule has 0 aromatic heterocycles. The third-order valence-corrected chi connectivity index (χ3v) is 3.87. The first-order valence-corrected chi connectivity index (χ1v) is 6.72. The molecule has 1 nitrogen and oxygen atoms in total. The fraction of sp³-hybridized carbons (Fsp3) is 0.294. The summed E-state index contributed by atoms with van der Waals surface area (Å²) in [6.07, 6.45) is 3.55. The molecule has 0 saturated heterocycles. The number of anilines is 1. The highest BCUT2D eigenvalue weighted by atomic mass is 14.9. The normalized spacial score (nSPS) is 17.9. The van der Waals surface area contributed by atoms with Crippen molar-refractivity contribution < 1.29 is 0 Å². The predicted molar refractivity (Wildman–Crippen MR) is 77.1 cm³/mol. The summed E-state index contributed by atoms with van der Waals surface area (Å²) in [5, 5.41) is 3.67. The Labute approximate surface area is 109 Å². The van der Waals surface area contributed by atoms with E-state index in [4.69, 9.17) is 0 Å². The van der Waals surface area contributed by atoms with Gasteiger partial charge in [0.25, 0.3) is 0 Å². The third-order valence-electron chi connectivity index (χ3n) is 3.87. The van der Waals surface area contributed by atoms with E-state index in [0.717, 1.165) is 6.42 Å². The molecule has 2 aromatic rings. The SMILES string of the molecule is Cc1ccccc1C[C@H]1CCc2ccccc2N1. The van der Waals surface area contributed by atoms with Crippen LogP contribution < -0.4 is 5.32 Å². The fourth-order valence-corrected chi connectivity index (χ4v) is 2.76. The minimum absolute atomic E-state index is 0.570. The Kier molecular flexibility index (Phi) is 3.06. The van der Waals surface area contributed by atoms with E-state index in [0.29, 0.717) is 6.04 Å². The molecule has 1 heterocycles. The first-order chi connectivity index (χ1) is 8.83. The Bertz CT molecular complexity index is 545. The molecule has 0 radical (unpaired) electrons. The first kappa shape index (κ1) is 11.3. The van der Waals surface area contributed by atoms with Crippen molar-refractivity contribution in [2.45, 2.75) is 32.2 Å². The molecule has 18 heavy (non-hydrogen) atoms. The molecule has 1 N–H and O–H groups in total. The molecule has 92 valence electrons. The molecule has 2 aromatic carbocycles. The van der Waals surface area contributed by atoms with Gasteiger partial charge in [-0.05, 0) is 48.9 Å². The molecule has 0 unspecified atom stereocenters. The van der Waals surface area contributed by atoms with Crippen molar-refractivity contribution in [1.82, 2.24) is 0 Å². The highest BCUT2D eigenvalue weighted by molar-refractivity contribution is 5.54. The Hall–Kier alpha value is -1.76. The van der Waals surface area contributed by atoms with Gasteiger partial charge in [0.15, 0.2) is 0 Å². The van der Waals surface area contributed by atoms with Crippen LogP contribution >= 0.6 is 0 Å². The zero-order valence-corrected chi connectivity index (χ0v) is 10.8. The molecular formula is C17H19N. The summed E-state index contributed by atoms with van der Waals surface area (Å²) in [7, 11) is 0. The van der Waals surface area contributed by atoms with Crippen LogP contribution in [0.15, 0.2) is 48.5 Å². The number of para-hydroxylation sites is 1. The monoisotopic (exact) mass is 237 g/mol. The van der Waals surface area contributed by atoms with Crippen LogP contribution in [0.2, 0.25) is 0 Å². The Balaban J connectivity index is 1.75. The Morgan fingerprint density at radius 3 is 2.72 bits per heavy atom. The Morgan fingerprint density at radius 2 is 1.83 bits per heavy atom. The average molecular weight is 237 g/mol. The van der Waals surface area contributed by atoms with Crippen molar-refractivity contribution >= 4 is 5.69 Å². The van der Waals surface area contributed by atoms with Gasteiger partial charge >= 0.3 is 0 Å². The van der Waals surface area contributed by atoms with Crippen LogP contribution in [0.3, 0.4) is 0 Å². The second-order valence-corrected chi connectivity index (χ2v) is 5.17. The van der Waals surface area contributed by atoms with Crippen LogP contribution in [0.25, 0.3) is 0 Å². The maximum Gasteiger partial charge on any atom is 0.0374 e. The molecule has 0 aliphatic carbocycles. The van der Waals surface area contributed by atoms with Gasteiger partial charge in [-0.25, -0.2) is 0 Å². The van der Waals surface area contributed by atoms with Gasteiger partial charge < -0.3 is 5.32 Å². The summed E-state index contributed by atoms with van der Waals surface area (Å²) in [4.78, 5) is 0. The second-order valence-electron chi connectivity index (χ2n) is 5.17. The number of hydrogen-bond acceptors (Lipinski definition) is 1. The van der Waals surface area contributed by atoms with Crippen LogP contribution in [0, 0.1) is 6.92 Å². The summed E-state index contributed by atoms with van der Waals surface area (Å²) < 4.78 is 0. The van der Waals surface area contributed by atoms with Crippen LogP contribution in [-0.4, -0.2) is 6.04 Å². The molecule has 0 bridgehead atoms. The number of fused-ring (bicyclic) bond motifs is 1. The molecule has 1 aliphatic rings. The Morgan fingerprint density at radius 1 is 1.06 bits per heavy atom. The lowest BCUT2D eigenvalue weighted by Crippen LogP contribution is -2.27. The van der Waals surface area contributed by atoms with E-state index in [1.54, 1.807) is 0 Å². The minimum Gasteiger partial charge on any atom is -0.382 e. The van der Waals surface area contributed by atoms with Crippen molar-refractivity contribution in [2.75, 3.05) is 5.32 Å². The number of aryl methyl sites for hydroxylation is 2. The van der Waals surface area contributed by atoms with Crippen molar-refractivity contribution in [3.63, 3.8) is 0 Å². The van der Waals surface area contributed by atoms with Gasteiger partial charge in [0, 0.05) is 11.7 Å². The molecule has 0 saturated carbocycles. The van der Waals surface area contributed by atoms with Gasteiger partial charge in [0.05, 0.1) is 0 Å². The lowest BCUT2D eigenvalue weighted by atomic mass is 9.92.